The molecule has 4 nitrogen and oxygen atoms in total. The first-order valence-electron chi connectivity index (χ1n) is 12.1. The predicted octanol–water partition coefficient (Wildman–Crippen LogP) is 8.31. The Morgan fingerprint density at radius 3 is 2.11 bits per heavy atom. The molecule has 170 valence electrons. The lowest BCUT2D eigenvalue weighted by molar-refractivity contribution is 0.669. The van der Waals surface area contributed by atoms with Crippen LogP contribution < -0.4 is 0 Å². The van der Waals surface area contributed by atoms with Gasteiger partial charge in [0.05, 0.1) is 27.8 Å². The standard InChI is InChI=1S/C32H21N3O/c1-20-10-12-21(13-11-20)22-14-16-30-24(18-22)25-19-23(15-17-31(25)36-30)34-28-8-4-5-9-29(28)35-27-7-3-2-6-26(27)33-32(34)35/h2-19H,1H3. The molecule has 0 unspecified atom stereocenters. The highest BCUT2D eigenvalue weighted by Crippen LogP contribution is 2.35. The summed E-state index contributed by atoms with van der Waals surface area (Å²) in [6, 6.07) is 38.3. The lowest BCUT2D eigenvalue weighted by Crippen LogP contribution is -1.94. The number of hydrogen-bond donors (Lipinski definition) is 0. The van der Waals surface area contributed by atoms with Crippen LogP contribution in [0, 0.1) is 6.92 Å². The average molecular weight is 464 g/mol. The van der Waals surface area contributed by atoms with Crippen LogP contribution in [0.2, 0.25) is 0 Å². The zero-order valence-corrected chi connectivity index (χ0v) is 19.6. The molecule has 4 heteroatoms. The Hall–Kier alpha value is -4.83. The van der Waals surface area contributed by atoms with Gasteiger partial charge in [-0.05, 0) is 72.6 Å². The quantitative estimate of drug-likeness (QED) is 0.258. The van der Waals surface area contributed by atoms with Gasteiger partial charge in [-0.15, -0.1) is 0 Å². The normalized spacial score (nSPS) is 12.0. The third kappa shape index (κ3) is 2.67. The van der Waals surface area contributed by atoms with Crippen molar-refractivity contribution < 1.29 is 4.42 Å². The number of para-hydroxylation sites is 4. The van der Waals surface area contributed by atoms with E-state index in [1.54, 1.807) is 0 Å². The number of aromatic nitrogens is 3. The lowest BCUT2D eigenvalue weighted by Gasteiger charge is -2.06. The van der Waals surface area contributed by atoms with E-state index in [4.69, 9.17) is 9.40 Å². The smallest absolute Gasteiger partial charge is 0.220 e. The topological polar surface area (TPSA) is 35.4 Å². The predicted molar refractivity (Wildman–Crippen MR) is 147 cm³/mol. The Balaban J connectivity index is 1.41. The SMILES string of the molecule is Cc1ccc(-c2ccc3oc4ccc(-n5c6ccccc6n6c7ccccc7nc56)cc4c3c2)cc1. The molecule has 0 amide bonds. The molecule has 0 saturated heterocycles. The minimum Gasteiger partial charge on any atom is -0.456 e. The Bertz CT molecular complexity index is 2110. The van der Waals surface area contributed by atoms with Crippen molar-refractivity contribution in [2.24, 2.45) is 0 Å². The van der Waals surface area contributed by atoms with Crippen molar-refractivity contribution in [3.63, 3.8) is 0 Å². The Labute approximate surface area is 206 Å². The summed E-state index contributed by atoms with van der Waals surface area (Å²) in [4.78, 5) is 5.02. The van der Waals surface area contributed by atoms with Gasteiger partial charge < -0.3 is 4.42 Å². The van der Waals surface area contributed by atoms with Crippen molar-refractivity contribution in [3.05, 3.63) is 115 Å². The first-order valence-corrected chi connectivity index (χ1v) is 12.1. The minimum absolute atomic E-state index is 0.885. The van der Waals surface area contributed by atoms with E-state index in [1.165, 1.54) is 16.7 Å². The lowest BCUT2D eigenvalue weighted by atomic mass is 10.0. The van der Waals surface area contributed by atoms with E-state index in [0.29, 0.717) is 0 Å². The first-order chi connectivity index (χ1) is 17.7. The van der Waals surface area contributed by atoms with E-state index in [1.807, 2.05) is 6.07 Å². The number of benzene rings is 5. The van der Waals surface area contributed by atoms with Crippen LogP contribution in [0.1, 0.15) is 5.56 Å². The molecule has 0 spiro atoms. The van der Waals surface area contributed by atoms with Gasteiger partial charge in [-0.1, -0.05) is 60.2 Å². The molecular weight excluding hydrogens is 442 g/mol. The highest BCUT2D eigenvalue weighted by Gasteiger charge is 2.18. The summed E-state index contributed by atoms with van der Waals surface area (Å²) in [5, 5.41) is 2.22. The maximum Gasteiger partial charge on any atom is 0.220 e. The fourth-order valence-corrected chi connectivity index (χ4v) is 5.44. The number of furan rings is 1. The summed E-state index contributed by atoms with van der Waals surface area (Å²) >= 11 is 0. The van der Waals surface area contributed by atoms with Gasteiger partial charge in [0.25, 0.3) is 0 Å². The molecule has 0 fully saturated rings. The van der Waals surface area contributed by atoms with Crippen LogP contribution in [0.15, 0.2) is 114 Å². The fourth-order valence-electron chi connectivity index (χ4n) is 5.44. The van der Waals surface area contributed by atoms with Gasteiger partial charge in [0.1, 0.15) is 11.2 Å². The molecular formula is C32H21N3O. The number of rotatable bonds is 2. The fraction of sp³-hybridized carbons (Fsp3) is 0.0312. The van der Waals surface area contributed by atoms with Crippen LogP contribution in [0.25, 0.3) is 66.6 Å². The number of fused-ring (bicyclic) bond motifs is 8. The monoisotopic (exact) mass is 463 g/mol. The molecule has 0 bridgehead atoms. The second-order valence-electron chi connectivity index (χ2n) is 9.42. The zero-order valence-electron chi connectivity index (χ0n) is 19.6. The minimum atomic E-state index is 0.885. The number of aryl methyl sites for hydroxylation is 1. The van der Waals surface area contributed by atoms with Crippen molar-refractivity contribution in [2.75, 3.05) is 0 Å². The molecule has 0 aliphatic heterocycles. The zero-order chi connectivity index (χ0) is 23.8. The summed E-state index contributed by atoms with van der Waals surface area (Å²) in [7, 11) is 0. The van der Waals surface area contributed by atoms with Crippen molar-refractivity contribution >= 4 is 49.8 Å². The molecule has 3 aromatic heterocycles. The summed E-state index contributed by atoms with van der Waals surface area (Å²) in [6.07, 6.45) is 0. The second-order valence-corrected chi connectivity index (χ2v) is 9.42. The molecule has 5 aromatic carbocycles. The van der Waals surface area contributed by atoms with Gasteiger partial charge in [-0.3, -0.25) is 8.97 Å². The third-order valence-electron chi connectivity index (χ3n) is 7.20. The van der Waals surface area contributed by atoms with E-state index in [0.717, 1.165) is 55.5 Å². The second kappa shape index (κ2) is 7.09. The molecule has 0 atom stereocenters. The van der Waals surface area contributed by atoms with Gasteiger partial charge in [-0.2, -0.15) is 0 Å². The number of hydrogen-bond acceptors (Lipinski definition) is 2. The maximum absolute atomic E-state index is 6.23. The van der Waals surface area contributed by atoms with Crippen molar-refractivity contribution in [2.45, 2.75) is 6.92 Å². The summed E-state index contributed by atoms with van der Waals surface area (Å²) in [5.41, 5.74) is 10.9. The van der Waals surface area contributed by atoms with E-state index >= 15 is 0 Å². The van der Waals surface area contributed by atoms with Gasteiger partial charge >= 0.3 is 0 Å². The van der Waals surface area contributed by atoms with E-state index in [9.17, 15) is 0 Å². The van der Waals surface area contributed by atoms with Crippen LogP contribution in [-0.2, 0) is 0 Å². The molecule has 0 radical (unpaired) electrons. The molecule has 0 aliphatic carbocycles. The largest absolute Gasteiger partial charge is 0.456 e. The molecule has 0 N–H and O–H groups in total. The Morgan fingerprint density at radius 1 is 0.611 bits per heavy atom. The van der Waals surface area contributed by atoms with Crippen molar-refractivity contribution in [3.8, 4) is 16.8 Å². The number of imidazole rings is 2. The van der Waals surface area contributed by atoms with E-state index in [-0.39, 0.29) is 0 Å². The van der Waals surface area contributed by atoms with Crippen LogP contribution >= 0.6 is 0 Å². The first kappa shape index (κ1) is 19.5. The highest BCUT2D eigenvalue weighted by molar-refractivity contribution is 6.07. The highest BCUT2D eigenvalue weighted by atomic mass is 16.3. The van der Waals surface area contributed by atoms with E-state index in [2.05, 4.69) is 119 Å². The third-order valence-corrected chi connectivity index (χ3v) is 7.20. The van der Waals surface area contributed by atoms with Gasteiger partial charge in [0.2, 0.25) is 5.78 Å². The summed E-state index contributed by atoms with van der Waals surface area (Å²) < 4.78 is 10.7. The van der Waals surface area contributed by atoms with Crippen molar-refractivity contribution in [1.29, 1.82) is 0 Å². The Kier molecular flexibility index (Phi) is 3.84. The Morgan fingerprint density at radius 2 is 1.28 bits per heavy atom. The number of nitrogens with zero attached hydrogens (tertiary/aromatic N) is 3. The summed E-state index contributed by atoms with van der Waals surface area (Å²) in [6.45, 7) is 2.11. The molecule has 3 heterocycles. The molecule has 0 saturated carbocycles. The average Bonchev–Trinajstić information content (AvgIpc) is 3.57. The van der Waals surface area contributed by atoms with Crippen molar-refractivity contribution in [1.82, 2.24) is 14.0 Å². The van der Waals surface area contributed by atoms with Gasteiger partial charge in [0.15, 0.2) is 0 Å². The van der Waals surface area contributed by atoms with Gasteiger partial charge in [0, 0.05) is 10.8 Å². The van der Waals surface area contributed by atoms with E-state index < -0.39 is 0 Å². The van der Waals surface area contributed by atoms with Crippen LogP contribution in [-0.4, -0.2) is 14.0 Å². The molecule has 0 aliphatic rings. The molecule has 8 aromatic rings. The van der Waals surface area contributed by atoms with Gasteiger partial charge in [-0.25, -0.2) is 4.98 Å². The van der Waals surface area contributed by atoms with Crippen LogP contribution in [0.4, 0.5) is 0 Å². The summed E-state index contributed by atoms with van der Waals surface area (Å²) in [5.74, 6) is 0.907. The van der Waals surface area contributed by atoms with Crippen LogP contribution in [0.5, 0.6) is 0 Å². The maximum atomic E-state index is 6.23. The molecule has 36 heavy (non-hydrogen) atoms. The van der Waals surface area contributed by atoms with Crippen LogP contribution in [0.3, 0.4) is 0 Å². The molecule has 8 rings (SSSR count).